The van der Waals surface area contributed by atoms with E-state index in [9.17, 15) is 0 Å². The molecule has 0 spiro atoms. The average Bonchev–Trinajstić information content (AvgIpc) is 2.33. The second kappa shape index (κ2) is 5.07. The van der Waals surface area contributed by atoms with Crippen LogP contribution in [-0.2, 0) is 4.74 Å². The van der Waals surface area contributed by atoms with Crippen LogP contribution in [0.5, 0.6) is 5.75 Å². The molecule has 1 heterocycles. The molecule has 1 aliphatic heterocycles. The number of nitrogens with zero attached hydrogens (tertiary/aromatic N) is 1. The Morgan fingerprint density at radius 3 is 2.65 bits per heavy atom. The van der Waals surface area contributed by atoms with Gasteiger partial charge in [-0.15, -0.1) is 0 Å². The highest BCUT2D eigenvalue weighted by atomic mass is 16.5. The van der Waals surface area contributed by atoms with E-state index in [0.717, 1.165) is 31.2 Å². The van der Waals surface area contributed by atoms with Gasteiger partial charge in [-0.05, 0) is 24.3 Å². The van der Waals surface area contributed by atoms with Crippen molar-refractivity contribution in [2.75, 3.05) is 31.7 Å². The van der Waals surface area contributed by atoms with Crippen LogP contribution in [0.2, 0.25) is 0 Å². The maximum atomic E-state index is 8.39. The fourth-order valence-corrected chi connectivity index (χ4v) is 1.65. The largest absolute Gasteiger partial charge is 0.479 e. The molecule has 0 saturated carbocycles. The van der Waals surface area contributed by atoms with Gasteiger partial charge in [-0.2, -0.15) is 5.26 Å². The van der Waals surface area contributed by atoms with Gasteiger partial charge in [-0.1, -0.05) is 6.92 Å². The van der Waals surface area contributed by atoms with Gasteiger partial charge >= 0.3 is 0 Å². The lowest BCUT2D eigenvalue weighted by Gasteiger charge is -2.38. The summed E-state index contributed by atoms with van der Waals surface area (Å²) in [4.78, 5) is 0. The summed E-state index contributed by atoms with van der Waals surface area (Å²) >= 11 is 0. The molecule has 1 aromatic rings. The first-order chi connectivity index (χ1) is 8.22. The molecule has 1 N–H and O–H groups in total. The van der Waals surface area contributed by atoms with Gasteiger partial charge < -0.3 is 14.8 Å². The third-order valence-electron chi connectivity index (χ3n) is 2.78. The van der Waals surface area contributed by atoms with Crippen molar-refractivity contribution in [2.45, 2.75) is 6.92 Å². The van der Waals surface area contributed by atoms with Gasteiger partial charge in [0.05, 0.1) is 13.2 Å². The van der Waals surface area contributed by atoms with Crippen LogP contribution < -0.4 is 10.1 Å². The Labute approximate surface area is 101 Å². The lowest BCUT2D eigenvalue weighted by molar-refractivity contribution is -0.0924. The molecule has 0 amide bonds. The molecule has 0 atom stereocenters. The van der Waals surface area contributed by atoms with E-state index in [0.29, 0.717) is 0 Å². The minimum absolute atomic E-state index is 0.0855. The van der Waals surface area contributed by atoms with E-state index in [1.807, 2.05) is 30.3 Å². The van der Waals surface area contributed by atoms with Gasteiger partial charge in [0.25, 0.3) is 0 Å². The molecule has 1 aromatic carbocycles. The molecule has 0 unspecified atom stereocenters. The van der Waals surface area contributed by atoms with Gasteiger partial charge in [0.2, 0.25) is 0 Å². The molecule has 0 aliphatic carbocycles. The molecular weight excluding hydrogens is 216 g/mol. The summed E-state index contributed by atoms with van der Waals surface area (Å²) in [7, 11) is 0. The zero-order valence-corrected chi connectivity index (χ0v) is 9.90. The zero-order valence-electron chi connectivity index (χ0n) is 9.90. The minimum Gasteiger partial charge on any atom is -0.479 e. The molecule has 0 aromatic heterocycles. The van der Waals surface area contributed by atoms with Crippen molar-refractivity contribution in [1.29, 1.82) is 5.26 Å². The van der Waals surface area contributed by atoms with Crippen molar-refractivity contribution in [3.63, 3.8) is 0 Å². The van der Waals surface area contributed by atoms with Crippen LogP contribution >= 0.6 is 0 Å². The van der Waals surface area contributed by atoms with Crippen molar-refractivity contribution in [3.8, 4) is 11.8 Å². The summed E-state index contributed by atoms with van der Waals surface area (Å²) in [6.45, 7) is 4.84. The highest BCUT2D eigenvalue weighted by Crippen LogP contribution is 2.27. The second-order valence-electron chi connectivity index (χ2n) is 4.63. The van der Waals surface area contributed by atoms with Crippen molar-refractivity contribution >= 4 is 5.69 Å². The van der Waals surface area contributed by atoms with Crippen LogP contribution in [0.3, 0.4) is 0 Å². The standard InChI is InChI=1S/C13H16N2O2/c1-13(9-16-10-13)8-15-11-2-4-12(5-3-11)17-7-6-14/h2-5,15H,7-10H2,1H3. The first-order valence-electron chi connectivity index (χ1n) is 5.63. The Hall–Kier alpha value is -1.73. The monoisotopic (exact) mass is 232 g/mol. The zero-order chi connectivity index (χ0) is 12.1. The number of nitriles is 1. The van der Waals surface area contributed by atoms with Crippen LogP contribution in [0, 0.1) is 16.7 Å². The number of rotatable bonds is 5. The van der Waals surface area contributed by atoms with Crippen molar-refractivity contribution in [1.82, 2.24) is 0 Å². The predicted molar refractivity (Wildman–Crippen MR) is 65.0 cm³/mol. The molecule has 90 valence electrons. The molecule has 17 heavy (non-hydrogen) atoms. The van der Waals surface area contributed by atoms with E-state index in [1.165, 1.54) is 0 Å². The molecule has 0 radical (unpaired) electrons. The van der Waals surface area contributed by atoms with Gasteiger partial charge in [0.1, 0.15) is 11.8 Å². The molecule has 2 rings (SSSR count). The molecule has 1 fully saturated rings. The first kappa shape index (κ1) is 11.7. The highest BCUT2D eigenvalue weighted by Gasteiger charge is 2.32. The minimum atomic E-state index is 0.0855. The summed E-state index contributed by atoms with van der Waals surface area (Å²) in [5.74, 6) is 0.718. The molecule has 4 heteroatoms. The van der Waals surface area contributed by atoms with Crippen LogP contribution in [0.15, 0.2) is 24.3 Å². The van der Waals surface area contributed by atoms with Crippen LogP contribution in [0.4, 0.5) is 5.69 Å². The lowest BCUT2D eigenvalue weighted by atomic mass is 9.89. The van der Waals surface area contributed by atoms with Gasteiger partial charge in [0, 0.05) is 17.6 Å². The highest BCUT2D eigenvalue weighted by molar-refractivity contribution is 5.46. The topological polar surface area (TPSA) is 54.3 Å². The summed E-state index contributed by atoms with van der Waals surface area (Å²) < 4.78 is 10.4. The molecule has 1 saturated heterocycles. The van der Waals surface area contributed by atoms with Crippen molar-refractivity contribution < 1.29 is 9.47 Å². The Balaban J connectivity index is 1.83. The van der Waals surface area contributed by atoms with Crippen LogP contribution in [0.25, 0.3) is 0 Å². The molecule has 4 nitrogen and oxygen atoms in total. The Kier molecular flexibility index (Phi) is 3.50. The first-order valence-corrected chi connectivity index (χ1v) is 5.63. The van der Waals surface area contributed by atoms with E-state index < -0.39 is 0 Å². The number of ether oxygens (including phenoxy) is 2. The summed E-state index contributed by atoms with van der Waals surface area (Å²) in [5.41, 5.74) is 1.32. The lowest BCUT2D eigenvalue weighted by Crippen LogP contribution is -2.45. The van der Waals surface area contributed by atoms with Crippen molar-refractivity contribution in [2.24, 2.45) is 5.41 Å². The number of nitrogens with one attached hydrogen (secondary N) is 1. The van der Waals surface area contributed by atoms with Crippen LogP contribution in [0.1, 0.15) is 6.92 Å². The van der Waals surface area contributed by atoms with E-state index in [1.54, 1.807) is 0 Å². The van der Waals surface area contributed by atoms with Gasteiger partial charge in [0.15, 0.2) is 6.61 Å². The number of hydrogen-bond donors (Lipinski definition) is 1. The van der Waals surface area contributed by atoms with Crippen LogP contribution in [-0.4, -0.2) is 26.4 Å². The number of hydrogen-bond acceptors (Lipinski definition) is 4. The fraction of sp³-hybridized carbons (Fsp3) is 0.462. The van der Waals surface area contributed by atoms with E-state index in [2.05, 4.69) is 12.2 Å². The van der Waals surface area contributed by atoms with Gasteiger partial charge in [-0.25, -0.2) is 0 Å². The third-order valence-corrected chi connectivity index (χ3v) is 2.78. The average molecular weight is 232 g/mol. The molecular formula is C13H16N2O2. The SMILES string of the molecule is CC1(CNc2ccc(OCC#N)cc2)COC1. The second-order valence-corrected chi connectivity index (χ2v) is 4.63. The van der Waals surface area contributed by atoms with Gasteiger partial charge in [-0.3, -0.25) is 0 Å². The van der Waals surface area contributed by atoms with Crippen molar-refractivity contribution in [3.05, 3.63) is 24.3 Å². The van der Waals surface area contributed by atoms with E-state index in [4.69, 9.17) is 14.7 Å². The Morgan fingerprint density at radius 2 is 2.12 bits per heavy atom. The number of benzene rings is 1. The smallest absolute Gasteiger partial charge is 0.174 e. The van der Waals surface area contributed by atoms with E-state index in [-0.39, 0.29) is 12.0 Å². The quantitative estimate of drug-likeness (QED) is 0.844. The summed E-state index contributed by atoms with van der Waals surface area (Å²) in [5, 5.41) is 11.8. The Bertz CT molecular complexity index is 404. The molecule has 1 aliphatic rings. The maximum absolute atomic E-state index is 8.39. The normalized spacial score (nSPS) is 16.7. The Morgan fingerprint density at radius 1 is 1.41 bits per heavy atom. The molecule has 0 bridgehead atoms. The summed E-state index contributed by atoms with van der Waals surface area (Å²) in [6.07, 6.45) is 0. The predicted octanol–water partition coefficient (Wildman–Crippen LogP) is 2.04. The summed E-state index contributed by atoms with van der Waals surface area (Å²) in [6, 6.07) is 9.57. The third kappa shape index (κ3) is 3.11. The maximum Gasteiger partial charge on any atom is 0.174 e. The number of anilines is 1. The van der Waals surface area contributed by atoms with E-state index >= 15 is 0 Å². The fourth-order valence-electron chi connectivity index (χ4n) is 1.65.